The third kappa shape index (κ3) is 2.73. The van der Waals surface area contributed by atoms with Crippen LogP contribution < -0.4 is 11.3 Å². The number of hydrogen-bond donors (Lipinski definition) is 1. The zero-order chi connectivity index (χ0) is 14.0. The SMILES string of the molecule is Cc1ccc(C(N)=S)c(=O)n1CCc1nccn1C. The topological polar surface area (TPSA) is 65.8 Å². The average molecular weight is 276 g/mol. The lowest BCUT2D eigenvalue weighted by atomic mass is 10.2. The lowest BCUT2D eigenvalue weighted by Gasteiger charge is -2.11. The Hall–Kier alpha value is -1.95. The van der Waals surface area contributed by atoms with Gasteiger partial charge in [-0.05, 0) is 19.1 Å². The molecule has 5 nitrogen and oxygen atoms in total. The van der Waals surface area contributed by atoms with Gasteiger partial charge in [0.25, 0.3) is 5.56 Å². The summed E-state index contributed by atoms with van der Waals surface area (Å²) in [6.07, 6.45) is 4.32. The Labute approximate surface area is 116 Å². The second kappa shape index (κ2) is 5.36. The number of thiocarbonyl (C=S) groups is 1. The molecule has 0 unspecified atom stereocenters. The standard InChI is InChI=1S/C13H16N4OS/c1-9-3-4-10(12(14)19)13(18)17(9)7-5-11-15-6-8-16(11)2/h3-4,6,8H,5,7H2,1-2H3,(H2,14,19). The summed E-state index contributed by atoms with van der Waals surface area (Å²) in [6, 6.07) is 3.53. The molecule has 0 saturated carbocycles. The number of nitrogens with two attached hydrogens (primary N) is 1. The van der Waals surface area contributed by atoms with E-state index in [9.17, 15) is 4.79 Å². The second-order valence-corrected chi connectivity index (χ2v) is 4.85. The van der Waals surface area contributed by atoms with Crippen LogP contribution in [-0.4, -0.2) is 19.1 Å². The van der Waals surface area contributed by atoms with E-state index in [1.165, 1.54) is 0 Å². The molecule has 0 aliphatic rings. The van der Waals surface area contributed by atoms with E-state index in [0.29, 0.717) is 18.5 Å². The van der Waals surface area contributed by atoms with E-state index in [2.05, 4.69) is 4.98 Å². The minimum Gasteiger partial charge on any atom is -0.389 e. The number of imidazole rings is 1. The summed E-state index contributed by atoms with van der Waals surface area (Å²) in [7, 11) is 1.93. The Balaban J connectivity index is 2.30. The van der Waals surface area contributed by atoms with Crippen LogP contribution in [0, 0.1) is 6.92 Å². The zero-order valence-electron chi connectivity index (χ0n) is 11.0. The highest BCUT2D eigenvalue weighted by Crippen LogP contribution is 2.02. The Morgan fingerprint density at radius 1 is 1.47 bits per heavy atom. The molecule has 0 fully saturated rings. The van der Waals surface area contributed by atoms with Crippen molar-refractivity contribution in [1.82, 2.24) is 14.1 Å². The fourth-order valence-electron chi connectivity index (χ4n) is 1.99. The van der Waals surface area contributed by atoms with Crippen molar-refractivity contribution in [3.05, 3.63) is 52.0 Å². The molecule has 6 heteroatoms. The lowest BCUT2D eigenvalue weighted by Crippen LogP contribution is -2.30. The molecular weight excluding hydrogens is 260 g/mol. The highest BCUT2D eigenvalue weighted by molar-refractivity contribution is 7.80. The summed E-state index contributed by atoms with van der Waals surface area (Å²) in [6.45, 7) is 2.45. The molecular formula is C13H16N4OS. The van der Waals surface area contributed by atoms with Gasteiger partial charge in [0, 0.05) is 38.1 Å². The Bertz CT molecular complexity index is 672. The molecule has 2 heterocycles. The van der Waals surface area contributed by atoms with E-state index < -0.39 is 0 Å². The molecule has 2 N–H and O–H groups in total. The van der Waals surface area contributed by atoms with Gasteiger partial charge in [-0.15, -0.1) is 0 Å². The van der Waals surface area contributed by atoms with Gasteiger partial charge in [0.2, 0.25) is 0 Å². The van der Waals surface area contributed by atoms with Gasteiger partial charge in [0.15, 0.2) is 0 Å². The predicted molar refractivity (Wildman–Crippen MR) is 78.2 cm³/mol. The van der Waals surface area contributed by atoms with E-state index in [1.807, 2.05) is 30.8 Å². The number of pyridine rings is 1. The number of aryl methyl sites for hydroxylation is 3. The fourth-order valence-corrected chi connectivity index (χ4v) is 2.14. The summed E-state index contributed by atoms with van der Waals surface area (Å²) in [4.78, 5) is 16.6. The summed E-state index contributed by atoms with van der Waals surface area (Å²) in [5.74, 6) is 0.937. The first-order valence-electron chi connectivity index (χ1n) is 5.97. The number of rotatable bonds is 4. The molecule has 2 rings (SSSR count). The van der Waals surface area contributed by atoms with Crippen LogP contribution in [0.2, 0.25) is 0 Å². The molecule has 19 heavy (non-hydrogen) atoms. The van der Waals surface area contributed by atoms with Crippen molar-refractivity contribution in [3.63, 3.8) is 0 Å². The molecule has 100 valence electrons. The van der Waals surface area contributed by atoms with Crippen LogP contribution in [0.3, 0.4) is 0 Å². The van der Waals surface area contributed by atoms with Crippen LogP contribution in [0.5, 0.6) is 0 Å². The molecule has 2 aromatic heterocycles. The number of nitrogens with zero attached hydrogens (tertiary/aromatic N) is 3. The highest BCUT2D eigenvalue weighted by atomic mass is 32.1. The van der Waals surface area contributed by atoms with Crippen LogP contribution in [-0.2, 0) is 20.0 Å². The summed E-state index contributed by atoms with van der Waals surface area (Å²) >= 11 is 4.89. The molecule has 0 spiro atoms. The van der Waals surface area contributed by atoms with Gasteiger partial charge < -0.3 is 14.9 Å². The summed E-state index contributed by atoms with van der Waals surface area (Å²) in [5, 5.41) is 0. The monoisotopic (exact) mass is 276 g/mol. The van der Waals surface area contributed by atoms with Crippen LogP contribution >= 0.6 is 12.2 Å². The summed E-state index contributed by atoms with van der Waals surface area (Å²) < 4.78 is 3.63. The lowest BCUT2D eigenvalue weighted by molar-refractivity contribution is 0.616. The smallest absolute Gasteiger partial charge is 0.260 e. The molecule has 0 amide bonds. The van der Waals surface area contributed by atoms with E-state index in [1.54, 1.807) is 16.8 Å². The molecule has 0 aromatic carbocycles. The second-order valence-electron chi connectivity index (χ2n) is 4.41. The van der Waals surface area contributed by atoms with Crippen LogP contribution in [0.25, 0.3) is 0 Å². The van der Waals surface area contributed by atoms with E-state index >= 15 is 0 Å². The molecule has 2 aromatic rings. The van der Waals surface area contributed by atoms with Gasteiger partial charge in [-0.2, -0.15) is 0 Å². The van der Waals surface area contributed by atoms with E-state index in [-0.39, 0.29) is 10.5 Å². The van der Waals surface area contributed by atoms with Gasteiger partial charge in [-0.3, -0.25) is 4.79 Å². The summed E-state index contributed by atoms with van der Waals surface area (Å²) in [5.41, 5.74) is 6.69. The van der Waals surface area contributed by atoms with Gasteiger partial charge in [-0.1, -0.05) is 12.2 Å². The molecule has 0 radical (unpaired) electrons. The number of aromatic nitrogens is 3. The van der Waals surface area contributed by atoms with Gasteiger partial charge in [-0.25, -0.2) is 4.98 Å². The molecule has 0 aliphatic heterocycles. The van der Waals surface area contributed by atoms with E-state index in [0.717, 1.165) is 11.5 Å². The largest absolute Gasteiger partial charge is 0.389 e. The Morgan fingerprint density at radius 3 is 2.79 bits per heavy atom. The van der Waals surface area contributed by atoms with Gasteiger partial charge in [0.05, 0.1) is 5.56 Å². The zero-order valence-corrected chi connectivity index (χ0v) is 11.8. The Kier molecular flexibility index (Phi) is 3.80. The average Bonchev–Trinajstić information content (AvgIpc) is 2.74. The van der Waals surface area contributed by atoms with Crippen molar-refractivity contribution in [2.75, 3.05) is 0 Å². The fraction of sp³-hybridized carbons (Fsp3) is 0.308. The minimum absolute atomic E-state index is 0.135. The first-order valence-corrected chi connectivity index (χ1v) is 6.38. The van der Waals surface area contributed by atoms with Crippen LogP contribution in [0.4, 0.5) is 0 Å². The van der Waals surface area contributed by atoms with Gasteiger partial charge >= 0.3 is 0 Å². The van der Waals surface area contributed by atoms with Gasteiger partial charge in [0.1, 0.15) is 10.8 Å². The first-order chi connectivity index (χ1) is 9.00. The van der Waals surface area contributed by atoms with Crippen LogP contribution in [0.15, 0.2) is 29.3 Å². The quantitative estimate of drug-likeness (QED) is 0.838. The third-order valence-corrected chi connectivity index (χ3v) is 3.36. The number of hydrogen-bond acceptors (Lipinski definition) is 3. The minimum atomic E-state index is -0.137. The van der Waals surface area contributed by atoms with Crippen molar-refractivity contribution >= 4 is 17.2 Å². The predicted octanol–water partition coefficient (Wildman–Crippen LogP) is 0.767. The molecule has 0 atom stereocenters. The van der Waals surface area contributed by atoms with Crippen molar-refractivity contribution in [3.8, 4) is 0 Å². The Morgan fingerprint density at radius 2 is 2.21 bits per heavy atom. The molecule has 0 bridgehead atoms. The van der Waals surface area contributed by atoms with E-state index in [4.69, 9.17) is 18.0 Å². The van der Waals surface area contributed by atoms with Crippen LogP contribution in [0.1, 0.15) is 17.1 Å². The maximum atomic E-state index is 12.2. The third-order valence-electron chi connectivity index (χ3n) is 3.14. The normalized spacial score (nSPS) is 10.6. The van der Waals surface area contributed by atoms with Crippen molar-refractivity contribution in [2.45, 2.75) is 19.9 Å². The maximum absolute atomic E-state index is 12.2. The highest BCUT2D eigenvalue weighted by Gasteiger charge is 2.09. The first kappa shape index (κ1) is 13.5. The molecule has 0 aliphatic carbocycles. The molecule has 0 saturated heterocycles. The maximum Gasteiger partial charge on any atom is 0.260 e. The van der Waals surface area contributed by atoms with Crippen molar-refractivity contribution in [2.24, 2.45) is 12.8 Å². The van der Waals surface area contributed by atoms with Crippen molar-refractivity contribution in [1.29, 1.82) is 0 Å². The van der Waals surface area contributed by atoms with Crippen molar-refractivity contribution < 1.29 is 0 Å².